The van der Waals surface area contributed by atoms with Crippen LogP contribution >= 0.6 is 0 Å². The molecule has 0 N–H and O–H groups in total. The first kappa shape index (κ1) is 17.3. The fourth-order valence-electron chi connectivity index (χ4n) is 3.51. The minimum absolute atomic E-state index is 0.274. The van der Waals surface area contributed by atoms with Gasteiger partial charge in [-0.05, 0) is 30.7 Å². The molecule has 6 nitrogen and oxygen atoms in total. The van der Waals surface area contributed by atoms with Crippen molar-refractivity contribution < 1.29 is 19.1 Å². The molecule has 134 valence electrons. The molecular weight excluding hydrogens is 320 g/mol. The van der Waals surface area contributed by atoms with Crippen LogP contribution in [0.3, 0.4) is 0 Å². The maximum absolute atomic E-state index is 12.3. The summed E-state index contributed by atoms with van der Waals surface area (Å²) >= 11 is 0. The summed E-state index contributed by atoms with van der Waals surface area (Å²) in [6.07, 6.45) is 0.243. The van der Waals surface area contributed by atoms with E-state index in [-0.39, 0.29) is 24.7 Å². The van der Waals surface area contributed by atoms with Gasteiger partial charge in [0.05, 0.1) is 5.76 Å². The molecule has 2 aliphatic rings. The van der Waals surface area contributed by atoms with Crippen LogP contribution < -0.4 is 0 Å². The maximum Gasteiger partial charge on any atom is 0.414 e. The van der Waals surface area contributed by atoms with Crippen molar-refractivity contribution in [3.8, 4) is 0 Å². The van der Waals surface area contributed by atoms with E-state index in [1.165, 1.54) is 0 Å². The number of carbonyl (C=O) groups is 2. The molecule has 2 fully saturated rings. The highest BCUT2D eigenvalue weighted by molar-refractivity contribution is 5.70. The highest BCUT2D eigenvalue weighted by atomic mass is 16.6. The minimum atomic E-state index is -0.347. The third kappa shape index (κ3) is 4.32. The van der Waals surface area contributed by atoms with Gasteiger partial charge in [0.1, 0.15) is 6.61 Å². The molecule has 2 atom stereocenters. The van der Waals surface area contributed by atoms with E-state index >= 15 is 0 Å². The number of likely N-dealkylation sites (tertiary alicyclic amines) is 2. The van der Waals surface area contributed by atoms with Crippen molar-refractivity contribution in [1.29, 1.82) is 0 Å². The molecular formula is C19H24N2O4. The van der Waals surface area contributed by atoms with Gasteiger partial charge in [-0.1, -0.05) is 36.9 Å². The highest BCUT2D eigenvalue weighted by Crippen LogP contribution is 2.32. The molecule has 3 rings (SSSR count). The van der Waals surface area contributed by atoms with Crippen LogP contribution in [0.25, 0.3) is 0 Å². The summed E-state index contributed by atoms with van der Waals surface area (Å²) < 4.78 is 10.5. The van der Waals surface area contributed by atoms with E-state index in [4.69, 9.17) is 9.47 Å². The second kappa shape index (κ2) is 7.59. The van der Waals surface area contributed by atoms with E-state index in [9.17, 15) is 9.59 Å². The van der Waals surface area contributed by atoms with Crippen LogP contribution in [0.2, 0.25) is 0 Å². The molecule has 2 amide bonds. The van der Waals surface area contributed by atoms with E-state index in [0.29, 0.717) is 37.9 Å². The molecule has 0 aliphatic carbocycles. The Labute approximate surface area is 148 Å². The highest BCUT2D eigenvalue weighted by Gasteiger charge is 2.40. The Morgan fingerprint density at radius 2 is 1.76 bits per heavy atom. The molecule has 2 aliphatic heterocycles. The predicted molar refractivity (Wildman–Crippen MR) is 92.7 cm³/mol. The molecule has 1 aromatic rings. The Hall–Kier alpha value is -2.50. The molecule has 0 radical (unpaired) electrons. The summed E-state index contributed by atoms with van der Waals surface area (Å²) in [5.41, 5.74) is 0.973. The number of carbonyl (C=O) groups excluding carboxylic acids is 2. The van der Waals surface area contributed by atoms with Crippen LogP contribution in [0.15, 0.2) is 42.7 Å². The first-order valence-electron chi connectivity index (χ1n) is 8.61. The normalized spacial score (nSPS) is 22.3. The molecule has 0 spiro atoms. The van der Waals surface area contributed by atoms with Crippen LogP contribution in [-0.2, 0) is 16.1 Å². The molecule has 6 heteroatoms. The fraction of sp³-hybridized carbons (Fsp3) is 0.474. The average Bonchev–Trinajstić information content (AvgIpc) is 3.03. The summed E-state index contributed by atoms with van der Waals surface area (Å²) in [7, 11) is 0. The Kier molecular flexibility index (Phi) is 5.26. The van der Waals surface area contributed by atoms with Crippen molar-refractivity contribution in [1.82, 2.24) is 9.80 Å². The Balaban J connectivity index is 1.50. The zero-order chi connectivity index (χ0) is 17.8. The lowest BCUT2D eigenvalue weighted by Crippen LogP contribution is -2.43. The van der Waals surface area contributed by atoms with E-state index in [1.54, 1.807) is 16.7 Å². The van der Waals surface area contributed by atoms with Crippen LogP contribution in [0.4, 0.5) is 9.59 Å². The zero-order valence-electron chi connectivity index (χ0n) is 14.5. The summed E-state index contributed by atoms with van der Waals surface area (Å²) in [6.45, 7) is 8.12. The molecule has 1 aromatic carbocycles. The van der Waals surface area contributed by atoms with Crippen LogP contribution in [-0.4, -0.2) is 48.2 Å². The van der Waals surface area contributed by atoms with Crippen molar-refractivity contribution in [3.63, 3.8) is 0 Å². The number of allylic oxidation sites excluding steroid dienone is 1. The van der Waals surface area contributed by atoms with E-state index in [2.05, 4.69) is 6.58 Å². The van der Waals surface area contributed by atoms with Gasteiger partial charge in [0.15, 0.2) is 0 Å². The lowest BCUT2D eigenvalue weighted by molar-refractivity contribution is 0.0730. The molecule has 2 saturated heterocycles. The molecule has 2 unspecified atom stereocenters. The number of amides is 2. The lowest BCUT2D eigenvalue weighted by atomic mass is 9.89. The van der Waals surface area contributed by atoms with Gasteiger partial charge in [0.25, 0.3) is 0 Å². The van der Waals surface area contributed by atoms with Gasteiger partial charge in [-0.25, -0.2) is 9.59 Å². The van der Waals surface area contributed by atoms with Gasteiger partial charge in [0, 0.05) is 26.2 Å². The van der Waals surface area contributed by atoms with Gasteiger partial charge in [-0.3, -0.25) is 0 Å². The van der Waals surface area contributed by atoms with Crippen molar-refractivity contribution in [2.24, 2.45) is 11.8 Å². The minimum Gasteiger partial charge on any atom is -0.445 e. The second-order valence-corrected chi connectivity index (χ2v) is 6.77. The molecule has 25 heavy (non-hydrogen) atoms. The SMILES string of the molecule is C=C(C)OC(=O)N1CC2CCN(C(=O)OCc3ccccc3)CC2C1. The lowest BCUT2D eigenvalue weighted by Gasteiger charge is -2.33. The largest absolute Gasteiger partial charge is 0.445 e. The predicted octanol–water partition coefficient (Wildman–Crippen LogP) is 3.25. The van der Waals surface area contributed by atoms with Crippen molar-refractivity contribution >= 4 is 12.2 Å². The molecule has 0 bridgehead atoms. The van der Waals surface area contributed by atoms with Crippen molar-refractivity contribution in [2.45, 2.75) is 20.0 Å². The van der Waals surface area contributed by atoms with Gasteiger partial charge < -0.3 is 19.3 Å². The fourth-order valence-corrected chi connectivity index (χ4v) is 3.51. The number of fused-ring (bicyclic) bond motifs is 1. The average molecular weight is 344 g/mol. The van der Waals surface area contributed by atoms with Gasteiger partial charge in [0.2, 0.25) is 0 Å². The van der Waals surface area contributed by atoms with E-state index in [0.717, 1.165) is 12.0 Å². The molecule has 0 aromatic heterocycles. The summed E-state index contributed by atoms with van der Waals surface area (Å²) in [6, 6.07) is 9.64. The third-order valence-corrected chi connectivity index (χ3v) is 4.78. The third-order valence-electron chi connectivity index (χ3n) is 4.78. The second-order valence-electron chi connectivity index (χ2n) is 6.77. The first-order valence-corrected chi connectivity index (χ1v) is 8.61. The smallest absolute Gasteiger partial charge is 0.414 e. The first-order chi connectivity index (χ1) is 12.0. The van der Waals surface area contributed by atoms with Crippen molar-refractivity contribution in [2.75, 3.05) is 26.2 Å². The van der Waals surface area contributed by atoms with Gasteiger partial charge in [-0.15, -0.1) is 0 Å². The molecule has 0 saturated carbocycles. The quantitative estimate of drug-likeness (QED) is 0.790. The summed E-state index contributed by atoms with van der Waals surface area (Å²) in [5.74, 6) is 1.08. The summed E-state index contributed by atoms with van der Waals surface area (Å²) in [5, 5.41) is 0. The van der Waals surface area contributed by atoms with E-state index < -0.39 is 0 Å². The number of piperidine rings is 1. The van der Waals surface area contributed by atoms with Gasteiger partial charge in [-0.2, -0.15) is 0 Å². The Morgan fingerprint density at radius 3 is 2.48 bits per heavy atom. The topological polar surface area (TPSA) is 59.1 Å². The number of rotatable bonds is 3. The number of nitrogens with zero attached hydrogens (tertiary/aromatic N) is 2. The van der Waals surface area contributed by atoms with Crippen molar-refractivity contribution in [3.05, 3.63) is 48.2 Å². The van der Waals surface area contributed by atoms with Crippen LogP contribution in [0.1, 0.15) is 18.9 Å². The summed E-state index contributed by atoms with van der Waals surface area (Å²) in [4.78, 5) is 27.8. The standard InChI is InChI=1S/C19H24N2O4/c1-14(2)25-19(23)21-10-16-8-9-20(11-17(16)12-21)18(22)24-13-15-6-4-3-5-7-15/h3-7,16-17H,1,8-13H2,2H3. The number of hydrogen-bond donors (Lipinski definition) is 0. The molecule has 2 heterocycles. The number of hydrogen-bond acceptors (Lipinski definition) is 4. The Morgan fingerprint density at radius 1 is 1.08 bits per heavy atom. The number of ether oxygens (including phenoxy) is 2. The van der Waals surface area contributed by atoms with Crippen LogP contribution in [0, 0.1) is 11.8 Å². The van der Waals surface area contributed by atoms with Gasteiger partial charge >= 0.3 is 12.2 Å². The monoisotopic (exact) mass is 344 g/mol. The van der Waals surface area contributed by atoms with Crippen LogP contribution in [0.5, 0.6) is 0 Å². The maximum atomic E-state index is 12.3. The zero-order valence-corrected chi connectivity index (χ0v) is 14.5. The van der Waals surface area contributed by atoms with E-state index in [1.807, 2.05) is 30.3 Å². The number of benzene rings is 1. The Bertz CT molecular complexity index is 646.